The summed E-state index contributed by atoms with van der Waals surface area (Å²) in [6, 6.07) is 0. The Kier molecular flexibility index (Phi) is 7.65. The summed E-state index contributed by atoms with van der Waals surface area (Å²) in [5.74, 6) is 6.48. The first-order valence-electron chi connectivity index (χ1n) is 13.1. The van der Waals surface area contributed by atoms with Crippen LogP contribution in [-0.2, 0) is 0 Å². The van der Waals surface area contributed by atoms with Crippen molar-refractivity contribution in [3.8, 4) is 0 Å². The van der Waals surface area contributed by atoms with Gasteiger partial charge >= 0.3 is 0 Å². The van der Waals surface area contributed by atoms with Crippen LogP contribution < -0.4 is 0 Å². The number of hydrogen-bond donors (Lipinski definition) is 0. The molecule has 3 aliphatic carbocycles. The van der Waals surface area contributed by atoms with Crippen molar-refractivity contribution < 1.29 is 0 Å². The fourth-order valence-electron chi connectivity index (χ4n) is 6.88. The van der Waals surface area contributed by atoms with E-state index in [-0.39, 0.29) is 0 Å². The molecule has 0 N–H and O–H groups in total. The normalized spacial score (nSPS) is 36.1. The van der Waals surface area contributed by atoms with Gasteiger partial charge in [-0.15, -0.1) is 0 Å². The molecular formula is C27H44N2. The van der Waals surface area contributed by atoms with Gasteiger partial charge in [0.05, 0.1) is 0 Å². The molecule has 1 aromatic rings. The summed E-state index contributed by atoms with van der Waals surface area (Å²) in [6.07, 6.45) is 25.5. The molecule has 162 valence electrons. The minimum absolute atomic E-state index is 0.617. The average Bonchev–Trinajstić information content (AvgIpc) is 2.80. The van der Waals surface area contributed by atoms with Crippen LogP contribution >= 0.6 is 0 Å². The Balaban J connectivity index is 1.24. The van der Waals surface area contributed by atoms with E-state index in [0.29, 0.717) is 11.8 Å². The second-order valence-electron chi connectivity index (χ2n) is 10.7. The van der Waals surface area contributed by atoms with Crippen molar-refractivity contribution in [3.05, 3.63) is 23.8 Å². The zero-order valence-corrected chi connectivity index (χ0v) is 19.1. The van der Waals surface area contributed by atoms with Gasteiger partial charge in [0, 0.05) is 18.3 Å². The average molecular weight is 397 g/mol. The Labute approximate surface area is 179 Å². The largest absolute Gasteiger partial charge is 0.241 e. The highest BCUT2D eigenvalue weighted by Gasteiger charge is 2.31. The SMILES string of the molecule is CCC[C@H]1CC[C@H](c2ncc([C@H]3CC[C@H]([C@H]4CC[C@H](CC)CC4)CC3)cn2)CC1. The van der Waals surface area contributed by atoms with Gasteiger partial charge in [-0.2, -0.15) is 0 Å². The predicted molar refractivity (Wildman–Crippen MR) is 122 cm³/mol. The van der Waals surface area contributed by atoms with Crippen LogP contribution in [0.4, 0.5) is 0 Å². The molecule has 0 amide bonds. The molecule has 4 rings (SSSR count). The minimum Gasteiger partial charge on any atom is -0.241 e. The maximum Gasteiger partial charge on any atom is 0.131 e. The molecule has 2 nitrogen and oxygen atoms in total. The molecule has 0 bridgehead atoms. The van der Waals surface area contributed by atoms with E-state index in [1.807, 2.05) is 0 Å². The molecule has 2 heteroatoms. The first kappa shape index (κ1) is 21.3. The first-order chi connectivity index (χ1) is 14.3. The van der Waals surface area contributed by atoms with E-state index in [1.165, 1.54) is 102 Å². The van der Waals surface area contributed by atoms with Crippen molar-refractivity contribution in [1.29, 1.82) is 0 Å². The van der Waals surface area contributed by atoms with Crippen molar-refractivity contribution in [2.24, 2.45) is 23.7 Å². The molecule has 0 unspecified atom stereocenters. The molecule has 1 aromatic heterocycles. The molecule has 1 heterocycles. The zero-order valence-electron chi connectivity index (χ0n) is 19.1. The maximum atomic E-state index is 4.86. The topological polar surface area (TPSA) is 25.8 Å². The second-order valence-corrected chi connectivity index (χ2v) is 10.7. The third kappa shape index (κ3) is 5.42. The lowest BCUT2D eigenvalue weighted by molar-refractivity contribution is 0.158. The van der Waals surface area contributed by atoms with Gasteiger partial charge in [0.1, 0.15) is 5.82 Å². The fraction of sp³-hybridized carbons (Fsp3) is 0.852. The molecule has 29 heavy (non-hydrogen) atoms. The van der Waals surface area contributed by atoms with Gasteiger partial charge in [0.15, 0.2) is 0 Å². The summed E-state index contributed by atoms with van der Waals surface area (Å²) in [5, 5.41) is 0. The number of nitrogens with zero attached hydrogens (tertiary/aromatic N) is 2. The number of aromatic nitrogens is 2. The van der Waals surface area contributed by atoms with Crippen LogP contribution in [0.3, 0.4) is 0 Å². The van der Waals surface area contributed by atoms with Crippen LogP contribution in [0.15, 0.2) is 12.4 Å². The van der Waals surface area contributed by atoms with Crippen molar-refractivity contribution >= 4 is 0 Å². The molecule has 0 aliphatic heterocycles. The monoisotopic (exact) mass is 396 g/mol. The van der Waals surface area contributed by atoms with Crippen molar-refractivity contribution in [3.63, 3.8) is 0 Å². The van der Waals surface area contributed by atoms with Gasteiger partial charge < -0.3 is 0 Å². The summed E-state index contributed by atoms with van der Waals surface area (Å²) < 4.78 is 0. The van der Waals surface area contributed by atoms with Crippen LogP contribution in [0.1, 0.15) is 133 Å². The Bertz CT molecular complexity index is 585. The molecule has 0 saturated heterocycles. The maximum absolute atomic E-state index is 4.86. The molecule has 0 atom stereocenters. The molecular weight excluding hydrogens is 352 g/mol. The predicted octanol–water partition coefficient (Wildman–Crippen LogP) is 8.04. The van der Waals surface area contributed by atoms with Crippen molar-refractivity contribution in [2.75, 3.05) is 0 Å². The molecule has 0 radical (unpaired) electrons. The third-order valence-corrected chi connectivity index (χ3v) is 8.98. The molecule has 3 saturated carbocycles. The molecule has 0 spiro atoms. The summed E-state index contributed by atoms with van der Waals surface area (Å²) >= 11 is 0. The lowest BCUT2D eigenvalue weighted by Crippen LogP contribution is -2.25. The van der Waals surface area contributed by atoms with Gasteiger partial charge in [-0.25, -0.2) is 9.97 Å². The van der Waals surface area contributed by atoms with Gasteiger partial charge in [-0.1, -0.05) is 46.0 Å². The van der Waals surface area contributed by atoms with E-state index < -0.39 is 0 Å². The lowest BCUT2D eigenvalue weighted by atomic mass is 9.68. The van der Waals surface area contributed by atoms with Crippen molar-refractivity contribution in [2.45, 2.75) is 122 Å². The highest BCUT2D eigenvalue weighted by molar-refractivity contribution is 5.14. The summed E-state index contributed by atoms with van der Waals surface area (Å²) in [5.41, 5.74) is 1.42. The van der Waals surface area contributed by atoms with E-state index in [1.54, 1.807) is 0 Å². The summed E-state index contributed by atoms with van der Waals surface area (Å²) in [6.45, 7) is 4.69. The Morgan fingerprint density at radius 3 is 1.72 bits per heavy atom. The first-order valence-corrected chi connectivity index (χ1v) is 13.1. The van der Waals surface area contributed by atoms with E-state index in [4.69, 9.17) is 9.97 Å². The Morgan fingerprint density at radius 1 is 0.655 bits per heavy atom. The quantitative estimate of drug-likeness (QED) is 0.486. The van der Waals surface area contributed by atoms with E-state index in [2.05, 4.69) is 26.2 Å². The van der Waals surface area contributed by atoms with Crippen LogP contribution in [0.2, 0.25) is 0 Å². The van der Waals surface area contributed by atoms with Gasteiger partial charge in [0.2, 0.25) is 0 Å². The highest BCUT2D eigenvalue weighted by atomic mass is 14.9. The van der Waals surface area contributed by atoms with Crippen molar-refractivity contribution in [1.82, 2.24) is 9.97 Å². The minimum atomic E-state index is 0.617. The molecule has 0 aromatic carbocycles. The Morgan fingerprint density at radius 2 is 1.17 bits per heavy atom. The van der Waals surface area contributed by atoms with E-state index in [0.717, 1.165) is 29.5 Å². The molecule has 3 aliphatic rings. The highest BCUT2D eigenvalue weighted by Crippen LogP contribution is 2.44. The van der Waals surface area contributed by atoms with Gasteiger partial charge in [-0.3, -0.25) is 0 Å². The summed E-state index contributed by atoms with van der Waals surface area (Å²) in [4.78, 5) is 9.73. The standard InChI is InChI=1S/C27H44N2/c1-3-5-21-8-12-25(13-9-21)27-28-18-26(19-29-27)24-16-14-23(15-17-24)22-10-6-20(4-2)7-11-22/h18-25H,3-17H2,1-2H3/t20-,21-,22-,23-,24-,25-. The molecule has 3 fully saturated rings. The summed E-state index contributed by atoms with van der Waals surface area (Å²) in [7, 11) is 0. The van der Waals surface area contributed by atoms with Crippen LogP contribution in [0, 0.1) is 23.7 Å². The lowest BCUT2D eigenvalue weighted by Gasteiger charge is -2.37. The van der Waals surface area contributed by atoms with Gasteiger partial charge in [0.25, 0.3) is 0 Å². The van der Waals surface area contributed by atoms with Crippen LogP contribution in [0.25, 0.3) is 0 Å². The van der Waals surface area contributed by atoms with Crippen LogP contribution in [-0.4, -0.2) is 9.97 Å². The number of rotatable bonds is 6. The van der Waals surface area contributed by atoms with E-state index in [9.17, 15) is 0 Å². The fourth-order valence-corrected chi connectivity index (χ4v) is 6.88. The number of hydrogen-bond acceptors (Lipinski definition) is 2. The van der Waals surface area contributed by atoms with E-state index >= 15 is 0 Å². The second kappa shape index (κ2) is 10.4. The third-order valence-electron chi connectivity index (χ3n) is 8.98. The smallest absolute Gasteiger partial charge is 0.131 e. The van der Waals surface area contributed by atoms with Crippen LogP contribution in [0.5, 0.6) is 0 Å². The zero-order chi connectivity index (χ0) is 20.1. The Hall–Kier alpha value is -0.920. The van der Waals surface area contributed by atoms with Gasteiger partial charge in [-0.05, 0) is 99.4 Å².